The highest BCUT2D eigenvalue weighted by Crippen LogP contribution is 2.02. The van der Waals surface area contributed by atoms with E-state index in [0.717, 1.165) is 11.0 Å². The van der Waals surface area contributed by atoms with Crippen LogP contribution in [-0.2, 0) is 14.8 Å². The molecule has 0 radical (unpaired) electrons. The van der Waals surface area contributed by atoms with Crippen molar-refractivity contribution in [2.45, 2.75) is 6.42 Å². The van der Waals surface area contributed by atoms with Gasteiger partial charge in [0.1, 0.15) is 0 Å². The van der Waals surface area contributed by atoms with Crippen LogP contribution >= 0.6 is 0 Å². The second-order valence-electron chi connectivity index (χ2n) is 3.30. The maximum atomic E-state index is 11.4. The van der Waals surface area contributed by atoms with Crippen molar-refractivity contribution < 1.29 is 18.3 Å². The number of benzene rings is 1. The number of sulfonamides is 1. The summed E-state index contributed by atoms with van der Waals surface area (Å²) < 4.78 is 25.0. The molecule has 0 aliphatic rings. The summed E-state index contributed by atoms with van der Waals surface area (Å²) >= 11 is 0. The number of nitrogens with one attached hydrogen (secondary N) is 1. The van der Waals surface area contributed by atoms with Crippen LogP contribution in [0.25, 0.3) is 6.08 Å². The Balaban J connectivity index is 2.55. The molecule has 0 amide bonds. The van der Waals surface area contributed by atoms with Gasteiger partial charge in [-0.25, -0.2) is 13.1 Å². The summed E-state index contributed by atoms with van der Waals surface area (Å²) in [6, 6.07) is 8.96. The number of rotatable bonds is 6. The molecule has 0 bridgehead atoms. The first kappa shape index (κ1) is 13.4. The van der Waals surface area contributed by atoms with Gasteiger partial charge in [0.05, 0.1) is 6.42 Å². The summed E-state index contributed by atoms with van der Waals surface area (Å²) in [5.41, 5.74) is 0.760. The van der Waals surface area contributed by atoms with Crippen molar-refractivity contribution in [2.75, 3.05) is 6.54 Å². The fourth-order valence-corrected chi connectivity index (χ4v) is 1.90. The lowest BCUT2D eigenvalue weighted by atomic mass is 10.2. The van der Waals surface area contributed by atoms with E-state index in [2.05, 4.69) is 4.72 Å². The van der Waals surface area contributed by atoms with Crippen molar-refractivity contribution in [3.05, 3.63) is 41.3 Å². The number of hydrogen-bond acceptors (Lipinski definition) is 3. The Bertz CT molecular complexity index is 493. The molecule has 17 heavy (non-hydrogen) atoms. The minimum atomic E-state index is -3.57. The number of aliphatic carboxylic acids is 1. The van der Waals surface area contributed by atoms with E-state index in [1.165, 1.54) is 6.08 Å². The van der Waals surface area contributed by atoms with Crippen LogP contribution in [0.2, 0.25) is 0 Å². The Morgan fingerprint density at radius 2 is 1.94 bits per heavy atom. The molecule has 0 aliphatic heterocycles. The SMILES string of the molecule is O=C(O)CCNS(=O)(=O)/C=C/c1ccccc1. The monoisotopic (exact) mass is 255 g/mol. The molecule has 0 saturated carbocycles. The fraction of sp³-hybridized carbons (Fsp3) is 0.182. The summed E-state index contributed by atoms with van der Waals surface area (Å²) in [6.07, 6.45) is 1.21. The summed E-state index contributed by atoms with van der Waals surface area (Å²) in [4.78, 5) is 10.2. The summed E-state index contributed by atoms with van der Waals surface area (Å²) in [5.74, 6) is -1.04. The first-order valence-corrected chi connectivity index (χ1v) is 6.49. The van der Waals surface area contributed by atoms with Gasteiger partial charge in [0.2, 0.25) is 10.0 Å². The zero-order valence-corrected chi connectivity index (χ0v) is 9.85. The molecule has 1 aromatic carbocycles. The van der Waals surface area contributed by atoms with E-state index < -0.39 is 16.0 Å². The molecule has 6 heteroatoms. The van der Waals surface area contributed by atoms with Crippen LogP contribution in [0, 0.1) is 0 Å². The summed E-state index contributed by atoms with van der Waals surface area (Å²) in [6.45, 7) is -0.114. The predicted molar refractivity (Wildman–Crippen MR) is 64.7 cm³/mol. The van der Waals surface area contributed by atoms with E-state index in [0.29, 0.717) is 0 Å². The minimum Gasteiger partial charge on any atom is -0.481 e. The molecular formula is C11H13NO4S. The van der Waals surface area contributed by atoms with Gasteiger partial charge >= 0.3 is 5.97 Å². The molecule has 0 atom stereocenters. The molecule has 5 nitrogen and oxygen atoms in total. The van der Waals surface area contributed by atoms with Crippen molar-refractivity contribution in [3.8, 4) is 0 Å². The average Bonchev–Trinajstić information content (AvgIpc) is 2.27. The smallest absolute Gasteiger partial charge is 0.304 e. The van der Waals surface area contributed by atoms with Crippen LogP contribution in [0.3, 0.4) is 0 Å². The standard InChI is InChI=1S/C11H13NO4S/c13-11(14)6-8-12-17(15,16)9-7-10-4-2-1-3-5-10/h1-5,7,9,12H,6,8H2,(H,13,14)/b9-7+. The van der Waals surface area contributed by atoms with Crippen LogP contribution in [0.5, 0.6) is 0 Å². The van der Waals surface area contributed by atoms with Gasteiger partial charge in [-0.05, 0) is 11.6 Å². The van der Waals surface area contributed by atoms with Gasteiger partial charge in [0, 0.05) is 12.0 Å². The Hall–Kier alpha value is -1.66. The number of hydrogen-bond donors (Lipinski definition) is 2. The van der Waals surface area contributed by atoms with Gasteiger partial charge in [0.15, 0.2) is 0 Å². The first-order valence-electron chi connectivity index (χ1n) is 4.94. The first-order chi connectivity index (χ1) is 7.99. The lowest BCUT2D eigenvalue weighted by molar-refractivity contribution is -0.136. The van der Waals surface area contributed by atoms with Crippen molar-refractivity contribution in [3.63, 3.8) is 0 Å². The van der Waals surface area contributed by atoms with Gasteiger partial charge in [-0.2, -0.15) is 0 Å². The highest BCUT2D eigenvalue weighted by molar-refractivity contribution is 7.92. The molecule has 0 aromatic heterocycles. The van der Waals surface area contributed by atoms with Crippen LogP contribution in [0.1, 0.15) is 12.0 Å². The second-order valence-corrected chi connectivity index (χ2v) is 4.95. The van der Waals surface area contributed by atoms with Gasteiger partial charge in [0.25, 0.3) is 0 Å². The zero-order valence-electron chi connectivity index (χ0n) is 9.04. The van der Waals surface area contributed by atoms with E-state index in [9.17, 15) is 13.2 Å². The molecule has 92 valence electrons. The highest BCUT2D eigenvalue weighted by atomic mass is 32.2. The normalized spacial score (nSPS) is 11.8. The van der Waals surface area contributed by atoms with Gasteiger partial charge < -0.3 is 5.11 Å². The quantitative estimate of drug-likeness (QED) is 0.796. The molecule has 0 unspecified atom stereocenters. The van der Waals surface area contributed by atoms with Gasteiger partial charge in [-0.3, -0.25) is 4.79 Å². The Labute approximate surface area is 99.8 Å². The Morgan fingerprint density at radius 1 is 1.29 bits per heavy atom. The van der Waals surface area contributed by atoms with Crippen LogP contribution in [-0.4, -0.2) is 26.0 Å². The average molecular weight is 255 g/mol. The van der Waals surface area contributed by atoms with E-state index in [4.69, 9.17) is 5.11 Å². The largest absolute Gasteiger partial charge is 0.481 e. The topological polar surface area (TPSA) is 83.5 Å². The summed E-state index contributed by atoms with van der Waals surface area (Å²) in [5, 5.41) is 9.38. The number of carboxylic acids is 1. The molecule has 0 fully saturated rings. The Morgan fingerprint density at radius 3 is 2.53 bits per heavy atom. The summed E-state index contributed by atoms with van der Waals surface area (Å²) in [7, 11) is -3.57. The van der Waals surface area contributed by atoms with Crippen LogP contribution < -0.4 is 4.72 Å². The number of carboxylic acid groups (broad SMARTS) is 1. The third-order valence-electron chi connectivity index (χ3n) is 1.88. The molecule has 0 heterocycles. The third-order valence-corrected chi connectivity index (χ3v) is 2.98. The van der Waals surface area contributed by atoms with Crippen molar-refractivity contribution in [1.29, 1.82) is 0 Å². The zero-order chi connectivity index (χ0) is 12.7. The molecule has 0 spiro atoms. The van der Waals surface area contributed by atoms with Crippen molar-refractivity contribution in [2.24, 2.45) is 0 Å². The Kier molecular flexibility index (Phi) is 4.86. The van der Waals surface area contributed by atoms with E-state index >= 15 is 0 Å². The van der Waals surface area contributed by atoms with Gasteiger partial charge in [-0.15, -0.1) is 0 Å². The molecule has 0 saturated heterocycles. The lowest BCUT2D eigenvalue weighted by Crippen LogP contribution is -2.24. The van der Waals surface area contributed by atoms with Crippen molar-refractivity contribution >= 4 is 22.1 Å². The maximum absolute atomic E-state index is 11.4. The van der Waals surface area contributed by atoms with E-state index in [1.54, 1.807) is 24.3 Å². The number of carbonyl (C=O) groups is 1. The molecule has 1 rings (SSSR count). The van der Waals surface area contributed by atoms with Crippen LogP contribution in [0.4, 0.5) is 0 Å². The van der Waals surface area contributed by atoms with Crippen LogP contribution in [0.15, 0.2) is 35.7 Å². The second kappa shape index (κ2) is 6.17. The van der Waals surface area contributed by atoms with Gasteiger partial charge in [-0.1, -0.05) is 30.3 Å². The highest BCUT2D eigenvalue weighted by Gasteiger charge is 2.05. The van der Waals surface area contributed by atoms with Crippen molar-refractivity contribution in [1.82, 2.24) is 4.72 Å². The predicted octanol–water partition coefficient (Wildman–Crippen LogP) is 1.05. The molecule has 1 aromatic rings. The fourth-order valence-electron chi connectivity index (χ4n) is 1.08. The third kappa shape index (κ3) is 5.84. The van der Waals surface area contributed by atoms with E-state index in [-0.39, 0.29) is 13.0 Å². The van der Waals surface area contributed by atoms with E-state index in [1.807, 2.05) is 6.07 Å². The minimum absolute atomic E-state index is 0.114. The molecular weight excluding hydrogens is 242 g/mol. The maximum Gasteiger partial charge on any atom is 0.304 e. The molecule has 0 aliphatic carbocycles. The molecule has 2 N–H and O–H groups in total. The lowest BCUT2D eigenvalue weighted by Gasteiger charge is -1.99.